The van der Waals surface area contributed by atoms with Gasteiger partial charge < -0.3 is 14.2 Å². The van der Waals surface area contributed by atoms with Gasteiger partial charge in [0.2, 0.25) is 5.82 Å². The molecule has 7 nitrogen and oxygen atoms in total. The van der Waals surface area contributed by atoms with Crippen LogP contribution in [0.5, 0.6) is 5.75 Å². The zero-order chi connectivity index (χ0) is 26.6. The lowest BCUT2D eigenvalue weighted by molar-refractivity contribution is 0.194. The second-order valence-corrected chi connectivity index (χ2v) is 10.1. The Hall–Kier alpha value is -2.86. The summed E-state index contributed by atoms with van der Waals surface area (Å²) in [7, 11) is 1.97. The lowest BCUT2D eigenvalue weighted by Gasteiger charge is -2.30. The summed E-state index contributed by atoms with van der Waals surface area (Å²) in [6.45, 7) is 11.8. The number of aryl methyl sites for hydroxylation is 1. The van der Waals surface area contributed by atoms with Crippen molar-refractivity contribution in [3.63, 3.8) is 0 Å². The SMILES string of the molecule is CC.CC(C)Oc1ccc(-c2nc(-c3cccc4c3CCC4)no2)cc1C#N.CNSCCN1CCC1. The van der Waals surface area contributed by atoms with Crippen molar-refractivity contribution in [1.82, 2.24) is 19.8 Å². The Labute approximate surface area is 225 Å². The van der Waals surface area contributed by atoms with Crippen LogP contribution in [0, 0.1) is 11.3 Å². The molecule has 0 unspecified atom stereocenters. The number of aromatic nitrogens is 2. The van der Waals surface area contributed by atoms with Crippen LogP contribution >= 0.6 is 11.9 Å². The summed E-state index contributed by atoms with van der Waals surface area (Å²) < 4.78 is 14.2. The number of ether oxygens (including phenoxy) is 1. The molecule has 198 valence electrons. The third-order valence-corrected chi connectivity index (χ3v) is 6.80. The van der Waals surface area contributed by atoms with Crippen LogP contribution in [-0.4, -0.2) is 53.6 Å². The topological polar surface area (TPSA) is 87.2 Å². The van der Waals surface area contributed by atoms with Crippen LogP contribution in [0.1, 0.15) is 57.2 Å². The van der Waals surface area contributed by atoms with Gasteiger partial charge in [0.1, 0.15) is 11.8 Å². The Bertz CT molecular complexity index is 1170. The molecule has 0 saturated carbocycles. The summed E-state index contributed by atoms with van der Waals surface area (Å²) in [5.41, 5.74) is 4.89. The normalized spacial score (nSPS) is 14.0. The summed E-state index contributed by atoms with van der Waals surface area (Å²) in [5, 5.41) is 13.6. The van der Waals surface area contributed by atoms with Gasteiger partial charge in [0.25, 0.3) is 5.89 Å². The molecular weight excluding hydrogens is 482 g/mol. The van der Waals surface area contributed by atoms with E-state index in [0.717, 1.165) is 18.4 Å². The number of likely N-dealkylation sites (tertiary alicyclic amines) is 1. The molecule has 8 heteroatoms. The first-order valence-corrected chi connectivity index (χ1v) is 14.2. The number of nitrogens with one attached hydrogen (secondary N) is 1. The third kappa shape index (κ3) is 7.81. The summed E-state index contributed by atoms with van der Waals surface area (Å²) in [6, 6.07) is 13.8. The van der Waals surface area contributed by atoms with E-state index in [9.17, 15) is 5.26 Å². The van der Waals surface area contributed by atoms with E-state index in [1.165, 1.54) is 49.4 Å². The Kier molecular flexibility index (Phi) is 11.5. The van der Waals surface area contributed by atoms with E-state index in [2.05, 4.69) is 31.9 Å². The fraction of sp³-hybridized carbons (Fsp3) is 0.483. The molecule has 0 amide bonds. The average Bonchev–Trinajstić information content (AvgIpc) is 3.57. The minimum absolute atomic E-state index is 0.00290. The Morgan fingerprint density at radius 2 is 1.97 bits per heavy atom. The Morgan fingerprint density at radius 1 is 1.16 bits per heavy atom. The molecule has 1 aliphatic carbocycles. The predicted molar refractivity (Wildman–Crippen MR) is 152 cm³/mol. The van der Waals surface area contributed by atoms with Gasteiger partial charge in [0.15, 0.2) is 0 Å². The molecule has 0 spiro atoms. The molecular formula is C29H39N5O2S. The van der Waals surface area contributed by atoms with Gasteiger partial charge in [-0.3, -0.25) is 4.72 Å². The molecule has 0 bridgehead atoms. The van der Waals surface area contributed by atoms with Crippen molar-refractivity contribution in [3.8, 4) is 34.7 Å². The van der Waals surface area contributed by atoms with Crippen LogP contribution in [-0.2, 0) is 12.8 Å². The van der Waals surface area contributed by atoms with Crippen LogP contribution in [0.3, 0.4) is 0 Å². The summed E-state index contributed by atoms with van der Waals surface area (Å²) >= 11 is 1.79. The molecule has 1 fully saturated rings. The van der Waals surface area contributed by atoms with Gasteiger partial charge in [0.05, 0.1) is 11.7 Å². The second kappa shape index (κ2) is 14.8. The molecule has 0 atom stereocenters. The maximum Gasteiger partial charge on any atom is 0.258 e. The molecule has 1 N–H and O–H groups in total. The molecule has 0 radical (unpaired) electrons. The van der Waals surface area contributed by atoms with Crippen molar-refractivity contribution in [1.29, 1.82) is 5.26 Å². The third-order valence-electron chi connectivity index (χ3n) is 6.13. The first-order chi connectivity index (χ1) is 18.1. The van der Waals surface area contributed by atoms with E-state index in [4.69, 9.17) is 9.26 Å². The highest BCUT2D eigenvalue weighted by Gasteiger charge is 2.20. The van der Waals surface area contributed by atoms with Crippen molar-refractivity contribution < 1.29 is 9.26 Å². The first kappa shape index (κ1) is 28.7. The van der Waals surface area contributed by atoms with Gasteiger partial charge in [-0.1, -0.05) is 49.2 Å². The van der Waals surface area contributed by atoms with Gasteiger partial charge in [-0.15, -0.1) is 0 Å². The zero-order valence-corrected chi connectivity index (χ0v) is 23.5. The smallest absolute Gasteiger partial charge is 0.258 e. The van der Waals surface area contributed by atoms with Crippen LogP contribution in [0.15, 0.2) is 40.9 Å². The highest BCUT2D eigenvalue weighted by atomic mass is 32.2. The molecule has 1 aliphatic heterocycles. The number of benzene rings is 2. The van der Waals surface area contributed by atoms with Gasteiger partial charge in [0, 0.05) is 23.4 Å². The monoisotopic (exact) mass is 521 g/mol. The largest absolute Gasteiger partial charge is 0.490 e. The average molecular weight is 522 g/mol. The van der Waals surface area contributed by atoms with Crippen molar-refractivity contribution in [2.75, 3.05) is 32.4 Å². The molecule has 5 rings (SSSR count). The van der Waals surface area contributed by atoms with Gasteiger partial charge in [-0.2, -0.15) is 10.2 Å². The lowest BCUT2D eigenvalue weighted by Crippen LogP contribution is -2.38. The number of nitriles is 1. The Balaban J connectivity index is 0.000000291. The number of nitrogens with zero attached hydrogens (tertiary/aromatic N) is 4. The number of hydrogen-bond donors (Lipinski definition) is 1. The molecule has 2 aliphatic rings. The summed E-state index contributed by atoms with van der Waals surface area (Å²) in [4.78, 5) is 7.04. The van der Waals surface area contributed by atoms with Gasteiger partial charge in [-0.05, 0) is 89.0 Å². The zero-order valence-electron chi connectivity index (χ0n) is 22.7. The molecule has 2 aromatic carbocycles. The standard InChI is InChI=1S/C21H19N3O2.C6H14N2S.C2H6/c1-13(2)25-19-10-9-15(11-16(19)12-22)21-23-20(24-26-21)18-8-4-6-14-5-3-7-17(14)18;1-7-9-6-5-8-3-2-4-8;1-2/h4,6,8-11,13H,3,5,7H2,1-2H3;7H,2-6H2,1H3;1-2H3. The van der Waals surface area contributed by atoms with Crippen molar-refractivity contribution in [2.45, 2.75) is 59.5 Å². The minimum atomic E-state index is 0.00290. The first-order valence-electron chi connectivity index (χ1n) is 13.3. The summed E-state index contributed by atoms with van der Waals surface area (Å²) in [5.74, 6) is 2.78. The van der Waals surface area contributed by atoms with E-state index < -0.39 is 0 Å². The maximum atomic E-state index is 9.40. The fourth-order valence-corrected chi connectivity index (χ4v) is 4.82. The highest BCUT2D eigenvalue weighted by molar-refractivity contribution is 7.97. The number of rotatable bonds is 8. The van der Waals surface area contributed by atoms with Gasteiger partial charge in [-0.25, -0.2) is 0 Å². The minimum Gasteiger partial charge on any atom is -0.490 e. The van der Waals surface area contributed by atoms with Crippen molar-refractivity contribution in [2.24, 2.45) is 0 Å². The predicted octanol–water partition coefficient (Wildman–Crippen LogP) is 6.14. The molecule has 1 aromatic heterocycles. The number of fused-ring (bicyclic) bond motifs is 1. The number of hydrogen-bond acceptors (Lipinski definition) is 8. The van der Waals surface area contributed by atoms with Crippen molar-refractivity contribution in [3.05, 3.63) is 53.1 Å². The van der Waals surface area contributed by atoms with Crippen LogP contribution < -0.4 is 9.46 Å². The van der Waals surface area contributed by atoms with Crippen LogP contribution in [0.4, 0.5) is 0 Å². The van der Waals surface area contributed by atoms with E-state index in [-0.39, 0.29) is 6.10 Å². The van der Waals surface area contributed by atoms with E-state index in [1.807, 2.05) is 52.9 Å². The van der Waals surface area contributed by atoms with E-state index in [0.29, 0.717) is 28.6 Å². The van der Waals surface area contributed by atoms with E-state index in [1.54, 1.807) is 24.1 Å². The second-order valence-electron chi connectivity index (χ2n) is 8.96. The fourth-order valence-electron chi connectivity index (χ4n) is 4.27. The summed E-state index contributed by atoms with van der Waals surface area (Å²) in [6.07, 6.45) is 4.74. The van der Waals surface area contributed by atoms with E-state index >= 15 is 0 Å². The maximum absolute atomic E-state index is 9.40. The molecule has 3 aromatic rings. The van der Waals surface area contributed by atoms with Crippen molar-refractivity contribution >= 4 is 11.9 Å². The molecule has 37 heavy (non-hydrogen) atoms. The molecule has 2 heterocycles. The van der Waals surface area contributed by atoms with Crippen LogP contribution in [0.25, 0.3) is 22.8 Å². The van der Waals surface area contributed by atoms with Gasteiger partial charge >= 0.3 is 0 Å². The quantitative estimate of drug-likeness (QED) is 0.279. The molecule has 1 saturated heterocycles. The lowest BCUT2D eigenvalue weighted by atomic mass is 10.0. The Morgan fingerprint density at radius 3 is 2.65 bits per heavy atom. The van der Waals surface area contributed by atoms with Crippen LogP contribution in [0.2, 0.25) is 0 Å². The highest BCUT2D eigenvalue weighted by Crippen LogP contribution is 2.33.